The Kier molecular flexibility index (Phi) is 4.00. The summed E-state index contributed by atoms with van der Waals surface area (Å²) in [4.78, 5) is 12.2. The highest BCUT2D eigenvalue weighted by atomic mass is 16.3. The molecule has 1 aromatic carbocycles. The molecule has 5 atom stereocenters. The number of para-hydroxylation sites is 1. The van der Waals surface area contributed by atoms with E-state index < -0.39 is 0 Å². The zero-order valence-electron chi connectivity index (χ0n) is 18.4. The van der Waals surface area contributed by atoms with Crippen molar-refractivity contribution in [1.82, 2.24) is 9.78 Å². The summed E-state index contributed by atoms with van der Waals surface area (Å²) in [7, 11) is 0. The smallest absolute Gasteiger partial charge is 0.197 e. The second kappa shape index (κ2) is 6.47. The lowest BCUT2D eigenvalue weighted by Gasteiger charge is -2.60. The van der Waals surface area contributed by atoms with E-state index in [1.54, 1.807) is 0 Å². The van der Waals surface area contributed by atoms with Gasteiger partial charge in [-0.05, 0) is 86.3 Å². The predicted molar refractivity (Wildman–Crippen MR) is 120 cm³/mol. The van der Waals surface area contributed by atoms with E-state index in [1.807, 2.05) is 12.3 Å². The first-order valence-corrected chi connectivity index (χ1v) is 11.8. The molecule has 2 heterocycles. The zero-order chi connectivity index (χ0) is 21.4. The number of hydrogen-bond acceptors (Lipinski definition) is 4. The Bertz CT molecular complexity index is 1090. The van der Waals surface area contributed by atoms with Crippen LogP contribution in [0.4, 0.5) is 5.82 Å². The summed E-state index contributed by atoms with van der Waals surface area (Å²) < 4.78 is 2.05. The molecule has 0 amide bonds. The molecular weight excluding hydrogens is 386 g/mol. The number of nitrogens with zero attached hydrogens (tertiary/aromatic N) is 2. The fourth-order valence-electron chi connectivity index (χ4n) is 7.48. The Hall–Kier alpha value is -2.56. The van der Waals surface area contributed by atoms with Crippen LogP contribution < -0.4 is 5.32 Å². The van der Waals surface area contributed by atoms with E-state index in [0.29, 0.717) is 24.2 Å². The number of anilines is 1. The Balaban J connectivity index is 1.36. The SMILES string of the molecule is C[C@]12CCC(=O)C(O)=C1CC[C@@H]1C2CC[C@]2(C)Nc3c(cnn3-c3ccccc3)CC12. The van der Waals surface area contributed by atoms with Crippen LogP contribution >= 0.6 is 0 Å². The van der Waals surface area contributed by atoms with Gasteiger partial charge >= 0.3 is 0 Å². The van der Waals surface area contributed by atoms with Gasteiger partial charge in [0.25, 0.3) is 0 Å². The van der Waals surface area contributed by atoms with Gasteiger partial charge in [-0.2, -0.15) is 5.10 Å². The van der Waals surface area contributed by atoms with Crippen LogP contribution in [0.15, 0.2) is 47.9 Å². The molecule has 6 rings (SSSR count). The van der Waals surface area contributed by atoms with Crippen molar-refractivity contribution in [2.45, 2.75) is 64.3 Å². The van der Waals surface area contributed by atoms with Crippen molar-refractivity contribution >= 4 is 11.6 Å². The molecule has 5 nitrogen and oxygen atoms in total. The number of aromatic nitrogens is 2. The van der Waals surface area contributed by atoms with Crippen LogP contribution in [0, 0.1) is 23.2 Å². The van der Waals surface area contributed by atoms with Gasteiger partial charge in [0.1, 0.15) is 5.82 Å². The van der Waals surface area contributed by atoms with Crippen LogP contribution in [0.5, 0.6) is 0 Å². The van der Waals surface area contributed by atoms with Gasteiger partial charge in [0.05, 0.1) is 11.9 Å². The van der Waals surface area contributed by atoms with Gasteiger partial charge in [0, 0.05) is 17.5 Å². The number of hydrogen-bond donors (Lipinski definition) is 2. The maximum Gasteiger partial charge on any atom is 0.197 e. The number of benzene rings is 1. The number of Topliss-reactive ketones (excluding diaryl/α,β-unsaturated/α-hetero) is 1. The van der Waals surface area contributed by atoms with Crippen molar-refractivity contribution in [2.75, 3.05) is 5.32 Å². The molecule has 0 radical (unpaired) electrons. The van der Waals surface area contributed by atoms with Gasteiger partial charge in [-0.25, -0.2) is 4.68 Å². The highest BCUT2D eigenvalue weighted by molar-refractivity contribution is 5.95. The standard InChI is InChI=1S/C26H31N3O2/c1-25-12-11-22(30)23(31)20(25)9-8-18-19(25)10-13-26(2)21(18)14-16-15-27-29(24(16)28-26)17-6-4-3-5-7-17/h3-7,15,18-19,21,28,31H,8-14H2,1-2H3/t18-,19?,21?,25-,26+/m1/s1. The molecule has 2 fully saturated rings. The number of aliphatic hydroxyl groups is 1. The molecule has 2 unspecified atom stereocenters. The van der Waals surface area contributed by atoms with Crippen LogP contribution in [0.1, 0.15) is 57.9 Å². The van der Waals surface area contributed by atoms with Gasteiger partial charge in [0.15, 0.2) is 11.5 Å². The molecule has 0 bridgehead atoms. The molecule has 2 N–H and O–H groups in total. The zero-order valence-corrected chi connectivity index (χ0v) is 18.4. The monoisotopic (exact) mass is 417 g/mol. The Morgan fingerprint density at radius 3 is 2.71 bits per heavy atom. The normalized spacial score (nSPS) is 36.7. The third-order valence-corrected chi connectivity index (χ3v) is 9.17. The van der Waals surface area contributed by atoms with Crippen molar-refractivity contribution in [3.8, 4) is 5.69 Å². The Morgan fingerprint density at radius 1 is 1.10 bits per heavy atom. The van der Waals surface area contributed by atoms with E-state index in [1.165, 1.54) is 5.56 Å². The molecule has 1 aromatic heterocycles. The van der Waals surface area contributed by atoms with Crippen LogP contribution in [0.25, 0.3) is 5.69 Å². The summed E-state index contributed by atoms with van der Waals surface area (Å²) in [6.07, 6.45) is 8.64. The lowest BCUT2D eigenvalue weighted by atomic mass is 9.47. The number of ketones is 1. The number of fused-ring (bicyclic) bond motifs is 6. The van der Waals surface area contributed by atoms with Gasteiger partial charge < -0.3 is 10.4 Å². The molecule has 31 heavy (non-hydrogen) atoms. The average Bonchev–Trinajstić information content (AvgIpc) is 3.17. The fraction of sp³-hybridized carbons (Fsp3) is 0.538. The van der Waals surface area contributed by atoms with E-state index in [4.69, 9.17) is 5.10 Å². The van der Waals surface area contributed by atoms with E-state index in [-0.39, 0.29) is 22.5 Å². The van der Waals surface area contributed by atoms with Crippen molar-refractivity contribution < 1.29 is 9.90 Å². The van der Waals surface area contributed by atoms with Crippen LogP contribution in [-0.2, 0) is 11.2 Å². The van der Waals surface area contributed by atoms with Gasteiger partial charge in [-0.15, -0.1) is 0 Å². The minimum absolute atomic E-state index is 0.0310. The number of carbonyl (C=O) groups is 1. The Morgan fingerprint density at radius 2 is 1.90 bits per heavy atom. The van der Waals surface area contributed by atoms with Crippen LogP contribution in [-0.4, -0.2) is 26.2 Å². The number of aliphatic hydroxyl groups excluding tert-OH is 1. The van der Waals surface area contributed by atoms with E-state index in [9.17, 15) is 9.90 Å². The van der Waals surface area contributed by atoms with Gasteiger partial charge in [-0.1, -0.05) is 25.1 Å². The van der Waals surface area contributed by atoms with Crippen LogP contribution in [0.3, 0.4) is 0 Å². The third kappa shape index (κ3) is 2.61. The van der Waals surface area contributed by atoms with Gasteiger partial charge in [-0.3, -0.25) is 4.79 Å². The highest BCUT2D eigenvalue weighted by Crippen LogP contribution is 2.62. The number of nitrogens with one attached hydrogen (secondary N) is 1. The van der Waals surface area contributed by atoms with Crippen molar-refractivity contribution in [3.05, 3.63) is 53.4 Å². The molecule has 0 spiro atoms. The lowest BCUT2D eigenvalue weighted by molar-refractivity contribution is -0.121. The van der Waals surface area contributed by atoms with E-state index in [0.717, 1.165) is 55.6 Å². The summed E-state index contributed by atoms with van der Waals surface area (Å²) in [5, 5.41) is 19.2. The summed E-state index contributed by atoms with van der Waals surface area (Å²) in [5.74, 6) is 2.88. The molecule has 2 aromatic rings. The lowest BCUT2D eigenvalue weighted by Crippen LogP contribution is -2.58. The molecule has 162 valence electrons. The summed E-state index contributed by atoms with van der Waals surface area (Å²) >= 11 is 0. The quantitative estimate of drug-likeness (QED) is 0.668. The van der Waals surface area contributed by atoms with Crippen molar-refractivity contribution in [1.29, 1.82) is 0 Å². The first kappa shape index (κ1) is 19.1. The number of allylic oxidation sites excluding steroid dienone is 2. The topological polar surface area (TPSA) is 67.2 Å². The average molecular weight is 418 g/mol. The molecule has 0 saturated heterocycles. The number of rotatable bonds is 1. The largest absolute Gasteiger partial charge is 0.504 e. The Labute approximate surface area is 183 Å². The molecular formula is C26H31N3O2. The first-order chi connectivity index (χ1) is 14.9. The first-order valence-electron chi connectivity index (χ1n) is 11.8. The van der Waals surface area contributed by atoms with Gasteiger partial charge in [0.2, 0.25) is 0 Å². The minimum atomic E-state index is -0.0520. The second-order valence-corrected chi connectivity index (χ2v) is 10.6. The summed E-state index contributed by atoms with van der Waals surface area (Å²) in [6.45, 7) is 4.72. The summed E-state index contributed by atoms with van der Waals surface area (Å²) in [6, 6.07) is 10.4. The summed E-state index contributed by atoms with van der Waals surface area (Å²) in [5.41, 5.74) is 3.46. The van der Waals surface area contributed by atoms with Crippen molar-refractivity contribution in [3.63, 3.8) is 0 Å². The second-order valence-electron chi connectivity index (χ2n) is 10.6. The molecule has 1 aliphatic heterocycles. The third-order valence-electron chi connectivity index (χ3n) is 9.17. The number of carbonyl (C=O) groups excluding carboxylic acids is 1. The molecule has 4 aliphatic rings. The highest BCUT2D eigenvalue weighted by Gasteiger charge is 2.57. The molecule has 3 aliphatic carbocycles. The molecule has 5 heteroatoms. The van der Waals surface area contributed by atoms with Crippen LogP contribution in [0.2, 0.25) is 0 Å². The maximum atomic E-state index is 12.2. The minimum Gasteiger partial charge on any atom is -0.504 e. The van der Waals surface area contributed by atoms with E-state index >= 15 is 0 Å². The molecule has 2 saturated carbocycles. The maximum absolute atomic E-state index is 12.2. The van der Waals surface area contributed by atoms with E-state index in [2.05, 4.69) is 48.1 Å². The fourth-order valence-corrected chi connectivity index (χ4v) is 7.48. The van der Waals surface area contributed by atoms with Crippen molar-refractivity contribution in [2.24, 2.45) is 23.2 Å². The predicted octanol–water partition coefficient (Wildman–Crippen LogP) is 5.22.